The van der Waals surface area contributed by atoms with Crippen molar-refractivity contribution in [3.05, 3.63) is 143 Å². The number of rotatable bonds is 6. The fraction of sp³-hybridized carbons (Fsp3) is 0.111. The molecule has 2 aromatic carbocycles. The van der Waals surface area contributed by atoms with Crippen LogP contribution >= 0.6 is 61.8 Å². The number of carbonyl (C=O) groups is 2. The molecule has 6 rings (SSSR count). The second-order valence-corrected chi connectivity index (χ2v) is 14.7. The predicted octanol–water partition coefficient (Wildman–Crippen LogP) is 10.5. The van der Waals surface area contributed by atoms with Crippen LogP contribution in [0.15, 0.2) is 101 Å². The lowest BCUT2D eigenvalue weighted by molar-refractivity contribution is -0.138. The van der Waals surface area contributed by atoms with Gasteiger partial charge in [0.1, 0.15) is 4.60 Å². The minimum Gasteiger partial charge on any atom is -0.423 e. The Balaban J connectivity index is 0.000000201. The Morgan fingerprint density at radius 1 is 0.714 bits per heavy atom. The number of nitrogens with one attached hydrogen (secondary N) is 2. The molecule has 56 heavy (non-hydrogen) atoms. The lowest BCUT2D eigenvalue weighted by Gasteiger charge is -2.13. The highest BCUT2D eigenvalue weighted by Gasteiger charge is 2.32. The minimum atomic E-state index is -4.53. The molecule has 20 heteroatoms. The summed E-state index contributed by atoms with van der Waals surface area (Å²) in [5, 5.41) is 27.3. The quantitative estimate of drug-likeness (QED) is 0.0749. The number of hydrogen-bond acceptors (Lipinski definition) is 8. The van der Waals surface area contributed by atoms with E-state index in [0.29, 0.717) is 26.7 Å². The van der Waals surface area contributed by atoms with E-state index in [4.69, 9.17) is 23.2 Å². The highest BCUT2D eigenvalue weighted by Crippen LogP contribution is 2.37. The molecule has 0 unspecified atom stereocenters. The average molecular weight is 918 g/mol. The van der Waals surface area contributed by atoms with Crippen LogP contribution in [0.25, 0.3) is 11.3 Å². The maximum Gasteiger partial charge on any atom is 0.490 e. The number of halogens is 9. The third kappa shape index (κ3) is 11.9. The number of amides is 2. The monoisotopic (exact) mass is 916 g/mol. The SMILES string of the molecule is Cc1ccsc1C(=O)Nc1ccccc1-c1ncc(C(F)(F)F)cc1Cl.Cc1ccsc1C(=O)Nc1ccccc1B(O)O.FC(F)(F)c1cnc(Br)c(Cl)c1. The molecule has 292 valence electrons. The van der Waals surface area contributed by atoms with Crippen LogP contribution in [0.5, 0.6) is 0 Å². The Bertz CT molecular complexity index is 2330. The van der Waals surface area contributed by atoms with Crippen LogP contribution in [0.4, 0.5) is 37.7 Å². The summed E-state index contributed by atoms with van der Waals surface area (Å²) >= 11 is 17.0. The number of benzene rings is 2. The summed E-state index contributed by atoms with van der Waals surface area (Å²) in [6.07, 6.45) is -7.48. The fourth-order valence-corrected chi connectivity index (χ4v) is 6.86. The zero-order valence-electron chi connectivity index (χ0n) is 28.6. The topological polar surface area (TPSA) is 124 Å². The van der Waals surface area contributed by atoms with Gasteiger partial charge in [-0.1, -0.05) is 59.6 Å². The van der Waals surface area contributed by atoms with E-state index in [1.807, 2.05) is 36.7 Å². The summed E-state index contributed by atoms with van der Waals surface area (Å²) in [6, 6.07) is 18.6. The summed E-state index contributed by atoms with van der Waals surface area (Å²) in [6.45, 7) is 3.68. The number of anilines is 2. The largest absolute Gasteiger partial charge is 0.490 e. The summed E-state index contributed by atoms with van der Waals surface area (Å²) in [5.74, 6) is -0.538. The van der Waals surface area contributed by atoms with Gasteiger partial charge in [0.2, 0.25) is 0 Å². The highest BCUT2D eigenvalue weighted by molar-refractivity contribution is 9.10. The molecule has 4 heterocycles. The van der Waals surface area contributed by atoms with Crippen molar-refractivity contribution in [3.8, 4) is 11.3 Å². The molecule has 0 aliphatic carbocycles. The van der Waals surface area contributed by atoms with Crippen LogP contribution in [-0.4, -0.2) is 38.9 Å². The van der Waals surface area contributed by atoms with Crippen LogP contribution < -0.4 is 16.1 Å². The van der Waals surface area contributed by atoms with E-state index in [0.717, 1.165) is 35.7 Å². The number of pyridine rings is 2. The molecule has 0 fully saturated rings. The van der Waals surface area contributed by atoms with Gasteiger partial charge in [0, 0.05) is 29.1 Å². The second kappa shape index (κ2) is 19.2. The summed E-state index contributed by atoms with van der Waals surface area (Å²) in [5.41, 5.74) is 1.67. The predicted molar refractivity (Wildman–Crippen MR) is 212 cm³/mol. The first-order valence-corrected chi connectivity index (χ1v) is 18.9. The van der Waals surface area contributed by atoms with E-state index in [2.05, 4.69) is 36.5 Å². The van der Waals surface area contributed by atoms with Crippen molar-refractivity contribution in [1.29, 1.82) is 0 Å². The molecule has 0 saturated heterocycles. The van der Waals surface area contributed by atoms with Gasteiger partial charge in [-0.2, -0.15) is 26.3 Å². The van der Waals surface area contributed by atoms with E-state index in [1.54, 1.807) is 48.5 Å². The van der Waals surface area contributed by atoms with Crippen molar-refractivity contribution >= 4 is 97.6 Å². The van der Waals surface area contributed by atoms with Crippen molar-refractivity contribution in [3.63, 3.8) is 0 Å². The van der Waals surface area contributed by atoms with Crippen LogP contribution in [0.2, 0.25) is 10.0 Å². The first-order valence-electron chi connectivity index (χ1n) is 15.6. The van der Waals surface area contributed by atoms with Gasteiger partial charge in [-0.25, -0.2) is 4.98 Å². The molecule has 4 N–H and O–H groups in total. The zero-order valence-corrected chi connectivity index (χ0v) is 33.4. The van der Waals surface area contributed by atoms with Crippen molar-refractivity contribution in [2.75, 3.05) is 10.6 Å². The summed E-state index contributed by atoms with van der Waals surface area (Å²) in [4.78, 5) is 32.9. The van der Waals surface area contributed by atoms with Gasteiger partial charge in [-0.05, 0) is 88.1 Å². The lowest BCUT2D eigenvalue weighted by Crippen LogP contribution is -2.33. The molecule has 4 aromatic heterocycles. The number of hydrogen-bond donors (Lipinski definition) is 4. The lowest BCUT2D eigenvalue weighted by atomic mass is 9.79. The van der Waals surface area contributed by atoms with Crippen molar-refractivity contribution in [2.24, 2.45) is 0 Å². The molecule has 0 saturated carbocycles. The number of para-hydroxylation sites is 2. The number of carbonyl (C=O) groups excluding carboxylic acids is 2. The Labute approximate surface area is 342 Å². The normalized spacial score (nSPS) is 11.1. The van der Waals surface area contributed by atoms with Crippen molar-refractivity contribution < 1.29 is 46.0 Å². The van der Waals surface area contributed by atoms with Gasteiger partial charge >= 0.3 is 19.5 Å². The molecule has 0 radical (unpaired) electrons. The van der Waals surface area contributed by atoms with Crippen molar-refractivity contribution in [1.82, 2.24) is 9.97 Å². The fourth-order valence-electron chi connectivity index (χ4n) is 4.57. The second-order valence-electron chi connectivity index (χ2n) is 11.3. The highest BCUT2D eigenvalue weighted by atomic mass is 79.9. The Morgan fingerprint density at radius 2 is 1.18 bits per heavy atom. The Morgan fingerprint density at radius 3 is 1.64 bits per heavy atom. The average Bonchev–Trinajstić information content (AvgIpc) is 3.77. The van der Waals surface area contributed by atoms with Gasteiger partial charge in [-0.3, -0.25) is 14.6 Å². The molecule has 0 aliphatic heterocycles. The number of aryl methyl sites for hydroxylation is 2. The molecular weight excluding hydrogens is 892 g/mol. The van der Waals surface area contributed by atoms with E-state index >= 15 is 0 Å². The molecule has 0 aliphatic rings. The van der Waals surface area contributed by atoms with Gasteiger partial charge in [0.25, 0.3) is 11.8 Å². The van der Waals surface area contributed by atoms with Gasteiger partial charge in [-0.15, -0.1) is 22.7 Å². The zero-order chi connectivity index (χ0) is 41.4. The van der Waals surface area contributed by atoms with E-state index in [-0.39, 0.29) is 37.6 Å². The molecule has 0 spiro atoms. The van der Waals surface area contributed by atoms with Crippen molar-refractivity contribution in [2.45, 2.75) is 26.2 Å². The number of aromatic nitrogens is 2. The molecule has 0 atom stereocenters. The van der Waals surface area contributed by atoms with Gasteiger partial charge in [0.05, 0.1) is 42.3 Å². The van der Waals surface area contributed by atoms with E-state index in [1.165, 1.54) is 22.7 Å². The maximum absolute atomic E-state index is 12.8. The number of alkyl halides is 6. The Kier molecular flexibility index (Phi) is 15.3. The number of thiophene rings is 2. The molecule has 0 bridgehead atoms. The third-order valence-electron chi connectivity index (χ3n) is 7.35. The van der Waals surface area contributed by atoms with Crippen LogP contribution in [-0.2, 0) is 12.4 Å². The minimum absolute atomic E-state index is 0.0511. The molecule has 6 aromatic rings. The first kappa shape index (κ1) is 44.4. The molecular formula is C36H26BBrCl2F6N4O4S2. The molecule has 8 nitrogen and oxygen atoms in total. The maximum atomic E-state index is 12.8. The van der Waals surface area contributed by atoms with Gasteiger partial charge < -0.3 is 20.7 Å². The Hall–Kier alpha value is -4.30. The van der Waals surface area contributed by atoms with Crippen LogP contribution in [0, 0.1) is 13.8 Å². The van der Waals surface area contributed by atoms with Crippen LogP contribution in [0.3, 0.4) is 0 Å². The number of nitrogens with zero attached hydrogens (tertiary/aromatic N) is 2. The van der Waals surface area contributed by atoms with Gasteiger partial charge in [0.15, 0.2) is 0 Å². The third-order valence-corrected chi connectivity index (χ3v) is 10.8. The van der Waals surface area contributed by atoms with E-state index < -0.39 is 30.6 Å². The summed E-state index contributed by atoms with van der Waals surface area (Å²) < 4.78 is 74.5. The smallest absolute Gasteiger partial charge is 0.423 e. The van der Waals surface area contributed by atoms with E-state index in [9.17, 15) is 46.0 Å². The van der Waals surface area contributed by atoms with Crippen LogP contribution in [0.1, 0.15) is 41.6 Å². The summed E-state index contributed by atoms with van der Waals surface area (Å²) in [7, 11) is -1.61. The molecule has 2 amide bonds. The standard InChI is InChI=1S/C18H12ClF3N2OS.C12H12BNO3S.C6H2BrClF3N/c1-10-6-7-26-16(10)17(25)24-14-5-3-2-4-12(14)15-13(19)8-11(9-23-15)18(20,21)22;1-8-6-7-18-11(8)12(15)14-10-5-3-2-4-9(10)13(16)17;7-5-4(8)1-3(2-12-5)6(9,10)11/h2-9H,1H3,(H,24,25);2-7,16-17H,1H3,(H,14,15);1-2H. The first-order chi connectivity index (χ1) is 26.3.